The molecular formula is C14H12IN3O3. The van der Waals surface area contributed by atoms with Crippen LogP contribution >= 0.6 is 22.6 Å². The predicted molar refractivity (Wildman–Crippen MR) is 86.0 cm³/mol. The Hall–Kier alpha value is -2.03. The van der Waals surface area contributed by atoms with Crippen LogP contribution in [0.5, 0.6) is 0 Å². The van der Waals surface area contributed by atoms with Gasteiger partial charge in [0.15, 0.2) is 0 Å². The van der Waals surface area contributed by atoms with Crippen LogP contribution in [0.3, 0.4) is 0 Å². The molecule has 1 aromatic heterocycles. The number of carbonyl (C=O) groups excluding carboxylic acids is 1. The van der Waals surface area contributed by atoms with Crippen LogP contribution in [0.25, 0.3) is 0 Å². The van der Waals surface area contributed by atoms with Crippen molar-refractivity contribution in [2.24, 2.45) is 0 Å². The number of carbonyl (C=O) groups is 1. The zero-order valence-electron chi connectivity index (χ0n) is 11.2. The van der Waals surface area contributed by atoms with Crippen molar-refractivity contribution in [1.82, 2.24) is 10.3 Å². The summed E-state index contributed by atoms with van der Waals surface area (Å²) < 4.78 is 0.665. The van der Waals surface area contributed by atoms with Crippen LogP contribution in [0.1, 0.15) is 21.6 Å². The van der Waals surface area contributed by atoms with Gasteiger partial charge in [-0.15, -0.1) is 0 Å². The quantitative estimate of drug-likeness (QED) is 0.489. The summed E-state index contributed by atoms with van der Waals surface area (Å²) in [6.07, 6.45) is 1.69. The molecule has 0 saturated heterocycles. The second-order valence-electron chi connectivity index (χ2n) is 4.41. The van der Waals surface area contributed by atoms with Crippen LogP contribution < -0.4 is 5.32 Å². The molecule has 0 spiro atoms. The fourth-order valence-electron chi connectivity index (χ4n) is 1.68. The van der Waals surface area contributed by atoms with Crippen molar-refractivity contribution in [3.63, 3.8) is 0 Å². The second kappa shape index (κ2) is 6.61. The molecule has 1 N–H and O–H groups in total. The first kappa shape index (κ1) is 15.4. The van der Waals surface area contributed by atoms with Crippen molar-refractivity contribution < 1.29 is 9.72 Å². The Morgan fingerprint density at radius 1 is 1.38 bits per heavy atom. The summed E-state index contributed by atoms with van der Waals surface area (Å²) in [5, 5.41) is 13.5. The highest BCUT2D eigenvalue weighted by atomic mass is 127. The molecule has 1 amide bonds. The molecule has 108 valence electrons. The van der Waals surface area contributed by atoms with Gasteiger partial charge in [-0.25, -0.2) is 0 Å². The summed E-state index contributed by atoms with van der Waals surface area (Å²) in [6.45, 7) is 2.21. The standard InChI is InChI=1S/C14H12IN3O3/c1-9-2-3-10(7-16-9)8-17-14(19)12-6-11(18(20)21)4-5-13(12)15/h2-7H,8H2,1H3,(H,17,19). The molecule has 0 aliphatic carbocycles. The first-order chi connectivity index (χ1) is 9.97. The van der Waals surface area contributed by atoms with Gasteiger partial charge in [-0.1, -0.05) is 6.07 Å². The van der Waals surface area contributed by atoms with E-state index in [0.29, 0.717) is 15.7 Å². The maximum atomic E-state index is 12.1. The molecule has 0 unspecified atom stereocenters. The highest BCUT2D eigenvalue weighted by Gasteiger charge is 2.15. The lowest BCUT2D eigenvalue weighted by molar-refractivity contribution is -0.384. The van der Waals surface area contributed by atoms with E-state index >= 15 is 0 Å². The Kier molecular flexibility index (Phi) is 4.84. The Bertz CT molecular complexity index is 686. The number of pyridine rings is 1. The van der Waals surface area contributed by atoms with Gasteiger partial charge in [-0.3, -0.25) is 19.9 Å². The number of halogens is 1. The van der Waals surface area contributed by atoms with E-state index in [4.69, 9.17) is 0 Å². The normalized spacial score (nSPS) is 10.2. The molecule has 2 rings (SSSR count). The first-order valence-electron chi connectivity index (χ1n) is 6.11. The SMILES string of the molecule is Cc1ccc(CNC(=O)c2cc([N+](=O)[O-])ccc2I)cn1. The van der Waals surface area contributed by atoms with Gasteiger partial charge in [-0.2, -0.15) is 0 Å². The number of nitro benzene ring substituents is 1. The predicted octanol–water partition coefficient (Wildman–Crippen LogP) is 2.83. The molecule has 1 aromatic carbocycles. The monoisotopic (exact) mass is 397 g/mol. The lowest BCUT2D eigenvalue weighted by Gasteiger charge is -2.07. The van der Waals surface area contributed by atoms with Crippen LogP contribution in [-0.2, 0) is 6.54 Å². The van der Waals surface area contributed by atoms with E-state index in [1.54, 1.807) is 12.3 Å². The van der Waals surface area contributed by atoms with Gasteiger partial charge in [0, 0.05) is 34.1 Å². The summed E-state index contributed by atoms with van der Waals surface area (Å²) >= 11 is 1.98. The molecule has 0 atom stereocenters. The summed E-state index contributed by atoms with van der Waals surface area (Å²) in [5.41, 5.74) is 1.97. The average molecular weight is 397 g/mol. The number of aromatic nitrogens is 1. The van der Waals surface area contributed by atoms with E-state index in [2.05, 4.69) is 10.3 Å². The Morgan fingerprint density at radius 3 is 2.76 bits per heavy atom. The van der Waals surface area contributed by atoms with E-state index in [9.17, 15) is 14.9 Å². The molecule has 6 nitrogen and oxygen atoms in total. The van der Waals surface area contributed by atoms with Crippen molar-refractivity contribution in [3.8, 4) is 0 Å². The van der Waals surface area contributed by atoms with Crippen molar-refractivity contribution in [2.75, 3.05) is 0 Å². The molecule has 7 heteroatoms. The Morgan fingerprint density at radius 2 is 2.14 bits per heavy atom. The summed E-state index contributed by atoms with van der Waals surface area (Å²) in [7, 11) is 0. The number of benzene rings is 1. The van der Waals surface area contributed by atoms with Crippen LogP contribution in [0, 0.1) is 20.6 Å². The molecule has 0 radical (unpaired) electrons. The highest BCUT2D eigenvalue weighted by Crippen LogP contribution is 2.19. The summed E-state index contributed by atoms with van der Waals surface area (Å²) in [4.78, 5) is 26.5. The first-order valence-corrected chi connectivity index (χ1v) is 7.19. The molecular weight excluding hydrogens is 385 g/mol. The average Bonchev–Trinajstić information content (AvgIpc) is 2.46. The largest absolute Gasteiger partial charge is 0.348 e. The smallest absolute Gasteiger partial charge is 0.270 e. The number of rotatable bonds is 4. The summed E-state index contributed by atoms with van der Waals surface area (Å²) in [5.74, 6) is -0.344. The maximum absolute atomic E-state index is 12.1. The van der Waals surface area contributed by atoms with E-state index in [1.165, 1.54) is 12.1 Å². The van der Waals surface area contributed by atoms with Crippen LogP contribution in [0.2, 0.25) is 0 Å². The number of non-ortho nitro benzene ring substituents is 1. The lowest BCUT2D eigenvalue weighted by Crippen LogP contribution is -2.23. The van der Waals surface area contributed by atoms with Crippen LogP contribution in [0.15, 0.2) is 36.5 Å². The molecule has 0 bridgehead atoms. The van der Waals surface area contributed by atoms with E-state index < -0.39 is 4.92 Å². The van der Waals surface area contributed by atoms with E-state index in [-0.39, 0.29) is 11.6 Å². The van der Waals surface area contributed by atoms with Gasteiger partial charge in [0.2, 0.25) is 0 Å². The van der Waals surface area contributed by atoms with Gasteiger partial charge in [0.25, 0.3) is 11.6 Å². The topological polar surface area (TPSA) is 85.1 Å². The maximum Gasteiger partial charge on any atom is 0.270 e. The number of nitrogens with one attached hydrogen (secondary N) is 1. The van der Waals surface area contributed by atoms with Crippen molar-refractivity contribution >= 4 is 34.2 Å². The molecule has 21 heavy (non-hydrogen) atoms. The minimum atomic E-state index is -0.517. The van der Waals surface area contributed by atoms with E-state index in [0.717, 1.165) is 11.3 Å². The molecule has 0 aliphatic heterocycles. The van der Waals surface area contributed by atoms with Gasteiger partial charge in [0.1, 0.15) is 0 Å². The number of hydrogen-bond donors (Lipinski definition) is 1. The van der Waals surface area contributed by atoms with Crippen molar-refractivity contribution in [3.05, 3.63) is 67.0 Å². The van der Waals surface area contributed by atoms with Gasteiger partial charge in [-0.05, 0) is 47.2 Å². The number of hydrogen-bond acceptors (Lipinski definition) is 4. The molecule has 2 aromatic rings. The van der Waals surface area contributed by atoms with Crippen LogP contribution in [0.4, 0.5) is 5.69 Å². The lowest BCUT2D eigenvalue weighted by atomic mass is 10.2. The number of amides is 1. The highest BCUT2D eigenvalue weighted by molar-refractivity contribution is 14.1. The van der Waals surface area contributed by atoms with Crippen molar-refractivity contribution in [1.29, 1.82) is 0 Å². The van der Waals surface area contributed by atoms with Gasteiger partial charge < -0.3 is 5.32 Å². The molecule has 0 saturated carbocycles. The van der Waals surface area contributed by atoms with Crippen molar-refractivity contribution in [2.45, 2.75) is 13.5 Å². The van der Waals surface area contributed by atoms with Crippen LogP contribution in [-0.4, -0.2) is 15.8 Å². The Balaban J connectivity index is 2.11. The number of nitro groups is 1. The number of nitrogens with zero attached hydrogens (tertiary/aromatic N) is 2. The van der Waals surface area contributed by atoms with Gasteiger partial charge in [0.05, 0.1) is 10.5 Å². The molecule has 0 fully saturated rings. The number of aryl methyl sites for hydroxylation is 1. The second-order valence-corrected chi connectivity index (χ2v) is 5.57. The fraction of sp³-hybridized carbons (Fsp3) is 0.143. The van der Waals surface area contributed by atoms with Gasteiger partial charge >= 0.3 is 0 Å². The van der Waals surface area contributed by atoms with E-state index in [1.807, 2.05) is 41.6 Å². The minimum absolute atomic E-state index is 0.0995. The molecule has 1 heterocycles. The minimum Gasteiger partial charge on any atom is -0.348 e. The third kappa shape index (κ3) is 3.97. The zero-order valence-corrected chi connectivity index (χ0v) is 13.3. The summed E-state index contributed by atoms with van der Waals surface area (Å²) in [6, 6.07) is 7.95. The zero-order chi connectivity index (χ0) is 15.4. The Labute approximate surface area is 134 Å². The third-order valence-electron chi connectivity index (χ3n) is 2.83. The fourth-order valence-corrected chi connectivity index (χ4v) is 2.26. The third-order valence-corrected chi connectivity index (χ3v) is 3.77. The molecule has 0 aliphatic rings.